The number of carbonyl (C=O) groups is 4. The zero-order chi connectivity index (χ0) is 37.4. The third-order valence-electron chi connectivity index (χ3n) is 7.18. The fourth-order valence-electron chi connectivity index (χ4n) is 4.99. The molecule has 0 aliphatic heterocycles. The number of nitrogens with one attached hydrogen (secondary N) is 4. The van der Waals surface area contributed by atoms with Crippen LogP contribution in [0.4, 0.5) is 10.5 Å². The molecule has 50 heavy (non-hydrogen) atoms. The van der Waals surface area contributed by atoms with Gasteiger partial charge in [-0.2, -0.15) is 0 Å². The highest BCUT2D eigenvalue weighted by Crippen LogP contribution is 2.30. The van der Waals surface area contributed by atoms with Crippen molar-refractivity contribution in [3.8, 4) is 5.75 Å². The van der Waals surface area contributed by atoms with Crippen molar-refractivity contribution in [3.05, 3.63) is 36.4 Å². The van der Waals surface area contributed by atoms with Crippen LogP contribution in [-0.4, -0.2) is 79.7 Å². The molecule has 0 spiro atoms. The quantitative estimate of drug-likeness (QED) is 0.0636. The summed E-state index contributed by atoms with van der Waals surface area (Å²) in [6, 6.07) is 7.89. The number of aliphatic imine (C=N–C) groups is 2. The number of fused-ring (bicyclic) bond motifs is 1. The standard InChI is InChI=1S/C34H54N10O6/c1-20(2)17-26(44-33(48)50-34(3,4)5)30(47)43-25(14-10-16-40-32(37)38)29(46)42-24(13-9-15-39-31(35)36)28(45)41-22-18-21-11-7-8-12-23(21)27(19-22)49-6/h7-8,11-12,18-20,24-26H,9-10,13-17H2,1-6H3,(H,41,45)(H,42,46)(H,43,47)(H,44,48)(H4,35,36,39)(H4,37,38,40)/t24-,25-,26-/m0/s1. The predicted molar refractivity (Wildman–Crippen MR) is 195 cm³/mol. The number of carbonyl (C=O) groups excluding carboxylic acids is 4. The summed E-state index contributed by atoms with van der Waals surface area (Å²) in [7, 11) is 1.54. The first-order chi connectivity index (χ1) is 23.5. The lowest BCUT2D eigenvalue weighted by atomic mass is 10.0. The van der Waals surface area contributed by atoms with E-state index in [-0.39, 0.29) is 50.2 Å². The largest absolute Gasteiger partial charge is 0.496 e. The Morgan fingerprint density at radius 2 is 1.32 bits per heavy atom. The average molecular weight is 699 g/mol. The van der Waals surface area contributed by atoms with E-state index in [4.69, 9.17) is 32.4 Å². The summed E-state index contributed by atoms with van der Waals surface area (Å²) in [6.45, 7) is 9.34. The van der Waals surface area contributed by atoms with Crippen molar-refractivity contribution in [1.29, 1.82) is 0 Å². The summed E-state index contributed by atoms with van der Waals surface area (Å²) in [5.41, 5.74) is 21.5. The second-order valence-electron chi connectivity index (χ2n) is 13.2. The van der Waals surface area contributed by atoms with Crippen LogP contribution >= 0.6 is 0 Å². The lowest BCUT2D eigenvalue weighted by Gasteiger charge is -2.27. The van der Waals surface area contributed by atoms with Crippen LogP contribution < -0.4 is 48.9 Å². The van der Waals surface area contributed by atoms with Crippen molar-refractivity contribution in [2.24, 2.45) is 38.8 Å². The van der Waals surface area contributed by atoms with Gasteiger partial charge in [-0.1, -0.05) is 38.1 Å². The van der Waals surface area contributed by atoms with Gasteiger partial charge in [-0.15, -0.1) is 0 Å². The summed E-state index contributed by atoms with van der Waals surface area (Å²) in [6.07, 6.45) is 0.481. The molecule has 0 aromatic heterocycles. The Balaban J connectivity index is 2.35. The first-order valence-corrected chi connectivity index (χ1v) is 16.6. The number of guanidine groups is 2. The Morgan fingerprint density at radius 1 is 0.780 bits per heavy atom. The van der Waals surface area contributed by atoms with Gasteiger partial charge in [0.15, 0.2) is 11.9 Å². The van der Waals surface area contributed by atoms with Gasteiger partial charge in [0.25, 0.3) is 0 Å². The van der Waals surface area contributed by atoms with Gasteiger partial charge >= 0.3 is 6.09 Å². The Morgan fingerprint density at radius 3 is 1.84 bits per heavy atom. The van der Waals surface area contributed by atoms with Crippen LogP contribution in [0.15, 0.2) is 46.4 Å². The molecule has 2 rings (SSSR count). The number of nitrogens with two attached hydrogens (primary N) is 4. The molecule has 2 aromatic rings. The van der Waals surface area contributed by atoms with Gasteiger partial charge in [0.05, 0.1) is 7.11 Å². The topological polar surface area (TPSA) is 264 Å². The molecule has 3 atom stereocenters. The van der Waals surface area contributed by atoms with E-state index in [2.05, 4.69) is 31.3 Å². The average Bonchev–Trinajstić information content (AvgIpc) is 3.01. The van der Waals surface area contributed by atoms with E-state index in [1.807, 2.05) is 38.1 Å². The van der Waals surface area contributed by atoms with Crippen molar-refractivity contribution < 1.29 is 28.7 Å². The monoisotopic (exact) mass is 698 g/mol. The first-order valence-electron chi connectivity index (χ1n) is 16.6. The summed E-state index contributed by atoms with van der Waals surface area (Å²) in [4.78, 5) is 61.7. The number of rotatable bonds is 18. The Hall–Kier alpha value is -5.28. The molecule has 0 radical (unpaired) electrons. The molecule has 16 heteroatoms. The zero-order valence-corrected chi connectivity index (χ0v) is 29.9. The van der Waals surface area contributed by atoms with Crippen LogP contribution in [0, 0.1) is 5.92 Å². The molecule has 0 heterocycles. The van der Waals surface area contributed by atoms with Crippen LogP contribution in [0.2, 0.25) is 0 Å². The number of anilines is 1. The summed E-state index contributed by atoms with van der Waals surface area (Å²) >= 11 is 0. The maximum absolute atomic E-state index is 13.9. The number of methoxy groups -OCH3 is 1. The molecule has 12 N–H and O–H groups in total. The van der Waals surface area contributed by atoms with E-state index in [0.717, 1.165) is 10.8 Å². The summed E-state index contributed by atoms with van der Waals surface area (Å²) in [5, 5.41) is 12.7. The molecule has 276 valence electrons. The normalized spacial score (nSPS) is 12.9. The van der Waals surface area contributed by atoms with E-state index in [1.54, 1.807) is 32.9 Å². The van der Waals surface area contributed by atoms with Crippen LogP contribution in [0.3, 0.4) is 0 Å². The van der Waals surface area contributed by atoms with E-state index >= 15 is 0 Å². The molecular weight excluding hydrogens is 644 g/mol. The van der Waals surface area contributed by atoms with Gasteiger partial charge in [0, 0.05) is 30.2 Å². The second-order valence-corrected chi connectivity index (χ2v) is 13.2. The van der Waals surface area contributed by atoms with Crippen LogP contribution in [-0.2, 0) is 19.1 Å². The second kappa shape index (κ2) is 19.7. The minimum Gasteiger partial charge on any atom is -0.496 e. The van der Waals surface area contributed by atoms with E-state index < -0.39 is 47.5 Å². The van der Waals surface area contributed by atoms with Crippen molar-refractivity contribution in [2.45, 2.75) is 90.4 Å². The third kappa shape index (κ3) is 14.9. The highest BCUT2D eigenvalue weighted by molar-refractivity contribution is 6.01. The number of hydrogen-bond acceptors (Lipinski definition) is 8. The zero-order valence-electron chi connectivity index (χ0n) is 29.9. The number of benzene rings is 2. The summed E-state index contributed by atoms with van der Waals surface area (Å²) in [5.74, 6) is -1.36. The molecule has 0 unspecified atom stereocenters. The van der Waals surface area contributed by atoms with Crippen molar-refractivity contribution in [2.75, 3.05) is 25.5 Å². The number of nitrogens with zero attached hydrogens (tertiary/aromatic N) is 2. The lowest BCUT2D eigenvalue weighted by Crippen LogP contribution is -2.56. The van der Waals surface area contributed by atoms with Crippen LogP contribution in [0.25, 0.3) is 10.8 Å². The molecule has 0 saturated carbocycles. The minimum atomic E-state index is -1.11. The Kier molecular flexibility index (Phi) is 16.1. The number of alkyl carbamates (subject to hydrolysis) is 1. The van der Waals surface area contributed by atoms with Gasteiger partial charge < -0.3 is 53.7 Å². The number of amides is 4. The van der Waals surface area contributed by atoms with Gasteiger partial charge in [0.2, 0.25) is 17.7 Å². The van der Waals surface area contributed by atoms with Gasteiger partial charge in [-0.3, -0.25) is 24.4 Å². The molecule has 0 aliphatic rings. The molecule has 16 nitrogen and oxygen atoms in total. The van der Waals surface area contributed by atoms with E-state index in [1.165, 1.54) is 7.11 Å². The van der Waals surface area contributed by atoms with Gasteiger partial charge in [-0.05, 0) is 70.2 Å². The molecule has 0 bridgehead atoms. The van der Waals surface area contributed by atoms with E-state index in [0.29, 0.717) is 24.3 Å². The first kappa shape index (κ1) is 40.9. The number of ether oxygens (including phenoxy) is 2. The smallest absolute Gasteiger partial charge is 0.408 e. The maximum Gasteiger partial charge on any atom is 0.408 e. The van der Waals surface area contributed by atoms with E-state index in [9.17, 15) is 19.2 Å². The van der Waals surface area contributed by atoms with Crippen molar-refractivity contribution in [1.82, 2.24) is 16.0 Å². The van der Waals surface area contributed by atoms with Gasteiger partial charge in [-0.25, -0.2) is 4.79 Å². The molecular formula is C34H54N10O6. The fourth-order valence-corrected chi connectivity index (χ4v) is 4.99. The highest BCUT2D eigenvalue weighted by atomic mass is 16.6. The molecule has 2 aromatic carbocycles. The Labute approximate surface area is 293 Å². The summed E-state index contributed by atoms with van der Waals surface area (Å²) < 4.78 is 10.9. The highest BCUT2D eigenvalue weighted by Gasteiger charge is 2.31. The van der Waals surface area contributed by atoms with Crippen LogP contribution in [0.5, 0.6) is 5.75 Å². The molecule has 0 saturated heterocycles. The van der Waals surface area contributed by atoms with Crippen molar-refractivity contribution in [3.63, 3.8) is 0 Å². The molecule has 0 fully saturated rings. The fraction of sp³-hybridized carbons (Fsp3) is 0.529. The number of hydrogen-bond donors (Lipinski definition) is 8. The SMILES string of the molecule is COc1cc(NC(=O)[C@H](CCCN=C(N)N)NC(=O)[C@H](CCCN=C(N)N)NC(=O)[C@H](CC(C)C)NC(=O)OC(C)(C)C)cc2ccccc12. The third-order valence-corrected chi connectivity index (χ3v) is 7.18. The minimum absolute atomic E-state index is 0.0156. The predicted octanol–water partition coefficient (Wildman–Crippen LogP) is 1.80. The van der Waals surface area contributed by atoms with Crippen molar-refractivity contribution >= 4 is 52.2 Å². The van der Waals surface area contributed by atoms with Gasteiger partial charge in [0.1, 0.15) is 29.5 Å². The molecule has 4 amide bonds. The molecule has 0 aliphatic carbocycles. The Bertz CT molecular complexity index is 1510. The van der Waals surface area contributed by atoms with Crippen LogP contribution in [0.1, 0.15) is 66.7 Å². The maximum atomic E-state index is 13.9. The lowest BCUT2D eigenvalue weighted by molar-refractivity contribution is -0.132.